The lowest BCUT2D eigenvalue weighted by Gasteiger charge is -2.38. The monoisotopic (exact) mass is 261 g/mol. The smallest absolute Gasteiger partial charge is 0.0900 e. The van der Waals surface area contributed by atoms with Crippen LogP contribution in [0.4, 0.5) is 0 Å². The predicted octanol–water partition coefficient (Wildman–Crippen LogP) is 0.247. The molecule has 1 aliphatic rings. The highest BCUT2D eigenvalue weighted by Crippen LogP contribution is 2.24. The van der Waals surface area contributed by atoms with Crippen LogP contribution in [0, 0.1) is 0 Å². The van der Waals surface area contributed by atoms with Crippen LogP contribution in [0.25, 0.3) is 0 Å². The zero-order chi connectivity index (χ0) is 13.2. The number of nitrogens with zero attached hydrogens (tertiary/aromatic N) is 1. The van der Waals surface area contributed by atoms with Crippen LogP contribution >= 0.6 is 0 Å². The second kappa shape index (κ2) is 9.69. The van der Waals surface area contributed by atoms with Gasteiger partial charge in [0, 0.05) is 32.8 Å². The van der Waals surface area contributed by atoms with E-state index in [0.717, 1.165) is 13.0 Å². The SMILES string of the molecule is COCCOCC(O)CN(CCCO)C1CCC1. The lowest BCUT2D eigenvalue weighted by Crippen LogP contribution is -2.45. The number of hydrogen-bond donors (Lipinski definition) is 2. The maximum atomic E-state index is 9.92. The average Bonchev–Trinajstić information content (AvgIpc) is 2.29. The quantitative estimate of drug-likeness (QED) is 0.522. The molecule has 1 aliphatic carbocycles. The van der Waals surface area contributed by atoms with Crippen LogP contribution in [0.15, 0.2) is 0 Å². The summed E-state index contributed by atoms with van der Waals surface area (Å²) in [6, 6.07) is 0.588. The van der Waals surface area contributed by atoms with Crippen molar-refractivity contribution >= 4 is 0 Å². The van der Waals surface area contributed by atoms with Crippen LogP contribution < -0.4 is 0 Å². The van der Waals surface area contributed by atoms with Crippen LogP contribution in [-0.4, -0.2) is 73.9 Å². The number of hydrogen-bond acceptors (Lipinski definition) is 5. The summed E-state index contributed by atoms with van der Waals surface area (Å²) < 4.78 is 10.2. The Morgan fingerprint density at radius 2 is 2.11 bits per heavy atom. The van der Waals surface area contributed by atoms with Gasteiger partial charge in [-0.05, 0) is 19.3 Å². The van der Waals surface area contributed by atoms with Gasteiger partial charge < -0.3 is 19.7 Å². The zero-order valence-corrected chi connectivity index (χ0v) is 11.4. The van der Waals surface area contributed by atoms with E-state index in [4.69, 9.17) is 14.6 Å². The predicted molar refractivity (Wildman–Crippen MR) is 69.6 cm³/mol. The summed E-state index contributed by atoms with van der Waals surface area (Å²) in [4.78, 5) is 2.28. The van der Waals surface area contributed by atoms with E-state index in [1.165, 1.54) is 19.3 Å². The first-order valence-corrected chi connectivity index (χ1v) is 6.87. The molecule has 0 radical (unpaired) electrons. The molecule has 5 nitrogen and oxygen atoms in total. The van der Waals surface area contributed by atoms with Gasteiger partial charge in [0.25, 0.3) is 0 Å². The Kier molecular flexibility index (Phi) is 8.54. The van der Waals surface area contributed by atoms with E-state index < -0.39 is 6.10 Å². The van der Waals surface area contributed by atoms with Gasteiger partial charge in [-0.25, -0.2) is 0 Å². The molecular formula is C13H27NO4. The first kappa shape index (κ1) is 15.9. The zero-order valence-electron chi connectivity index (χ0n) is 11.4. The molecule has 0 heterocycles. The van der Waals surface area contributed by atoms with Crippen LogP contribution in [0.5, 0.6) is 0 Å². The summed E-state index contributed by atoms with van der Waals surface area (Å²) in [6.07, 6.45) is 4.01. The van der Waals surface area contributed by atoms with E-state index in [-0.39, 0.29) is 6.61 Å². The number of aliphatic hydroxyl groups is 2. The molecule has 0 bridgehead atoms. The molecule has 1 fully saturated rings. The third kappa shape index (κ3) is 6.11. The normalized spacial score (nSPS) is 18.0. The summed E-state index contributed by atoms with van der Waals surface area (Å²) in [5.74, 6) is 0. The molecule has 108 valence electrons. The van der Waals surface area contributed by atoms with Crippen molar-refractivity contribution in [1.29, 1.82) is 0 Å². The van der Waals surface area contributed by atoms with Gasteiger partial charge in [0.15, 0.2) is 0 Å². The van der Waals surface area contributed by atoms with Crippen molar-refractivity contribution in [3.8, 4) is 0 Å². The van der Waals surface area contributed by atoms with Crippen LogP contribution in [-0.2, 0) is 9.47 Å². The van der Waals surface area contributed by atoms with E-state index >= 15 is 0 Å². The fourth-order valence-corrected chi connectivity index (χ4v) is 2.13. The number of ether oxygens (including phenoxy) is 2. The lowest BCUT2D eigenvalue weighted by atomic mass is 9.91. The minimum atomic E-state index is -0.457. The first-order chi connectivity index (χ1) is 8.77. The molecular weight excluding hydrogens is 234 g/mol. The first-order valence-electron chi connectivity index (χ1n) is 6.87. The van der Waals surface area contributed by atoms with Crippen LogP contribution in [0.2, 0.25) is 0 Å². The Morgan fingerprint density at radius 3 is 2.67 bits per heavy atom. The molecule has 0 spiro atoms. The molecule has 0 amide bonds. The molecule has 2 N–H and O–H groups in total. The topological polar surface area (TPSA) is 62.2 Å². The number of rotatable bonds is 11. The fourth-order valence-electron chi connectivity index (χ4n) is 2.13. The summed E-state index contributed by atoms with van der Waals surface area (Å²) >= 11 is 0. The maximum Gasteiger partial charge on any atom is 0.0900 e. The maximum absolute atomic E-state index is 9.92. The highest BCUT2D eigenvalue weighted by molar-refractivity contribution is 4.81. The van der Waals surface area contributed by atoms with Crippen molar-refractivity contribution in [3.63, 3.8) is 0 Å². The molecule has 1 rings (SSSR count). The van der Waals surface area contributed by atoms with E-state index in [0.29, 0.717) is 32.4 Å². The van der Waals surface area contributed by atoms with Crippen molar-refractivity contribution < 1.29 is 19.7 Å². The molecule has 0 saturated heterocycles. The van der Waals surface area contributed by atoms with Crippen molar-refractivity contribution in [2.24, 2.45) is 0 Å². The Labute approximate surface area is 110 Å². The molecule has 1 unspecified atom stereocenters. The molecule has 0 aromatic rings. The highest BCUT2D eigenvalue weighted by atomic mass is 16.5. The molecule has 18 heavy (non-hydrogen) atoms. The van der Waals surface area contributed by atoms with Gasteiger partial charge in [-0.1, -0.05) is 6.42 Å². The van der Waals surface area contributed by atoms with Gasteiger partial charge in [-0.3, -0.25) is 4.90 Å². The van der Waals surface area contributed by atoms with Crippen LogP contribution in [0.1, 0.15) is 25.7 Å². The third-order valence-corrected chi connectivity index (χ3v) is 3.38. The van der Waals surface area contributed by atoms with Gasteiger partial charge in [0.2, 0.25) is 0 Å². The third-order valence-electron chi connectivity index (χ3n) is 3.38. The molecule has 5 heteroatoms. The highest BCUT2D eigenvalue weighted by Gasteiger charge is 2.25. The minimum Gasteiger partial charge on any atom is -0.396 e. The van der Waals surface area contributed by atoms with Crippen molar-refractivity contribution in [2.75, 3.05) is 46.6 Å². The summed E-state index contributed by atoms with van der Waals surface area (Å²) in [6.45, 7) is 3.14. The molecule has 1 atom stereocenters. The van der Waals surface area contributed by atoms with Gasteiger partial charge in [-0.2, -0.15) is 0 Å². The Morgan fingerprint density at radius 1 is 1.33 bits per heavy atom. The van der Waals surface area contributed by atoms with Gasteiger partial charge >= 0.3 is 0 Å². The number of methoxy groups -OCH3 is 1. The number of aliphatic hydroxyl groups excluding tert-OH is 2. The van der Waals surface area contributed by atoms with Gasteiger partial charge in [-0.15, -0.1) is 0 Å². The largest absolute Gasteiger partial charge is 0.396 e. The molecule has 0 aliphatic heterocycles. The van der Waals surface area contributed by atoms with Crippen molar-refractivity contribution in [1.82, 2.24) is 4.90 Å². The van der Waals surface area contributed by atoms with E-state index in [2.05, 4.69) is 4.90 Å². The Hall–Kier alpha value is -0.200. The van der Waals surface area contributed by atoms with E-state index in [1.807, 2.05) is 0 Å². The Bertz CT molecular complexity index is 199. The summed E-state index contributed by atoms with van der Waals surface area (Å²) in [5, 5.41) is 18.8. The fraction of sp³-hybridized carbons (Fsp3) is 1.00. The molecule has 1 saturated carbocycles. The second-order valence-electron chi connectivity index (χ2n) is 4.88. The van der Waals surface area contributed by atoms with Gasteiger partial charge in [0.1, 0.15) is 0 Å². The van der Waals surface area contributed by atoms with E-state index in [1.54, 1.807) is 7.11 Å². The van der Waals surface area contributed by atoms with E-state index in [9.17, 15) is 5.11 Å². The molecule has 0 aromatic carbocycles. The summed E-state index contributed by atoms with van der Waals surface area (Å²) in [7, 11) is 1.63. The lowest BCUT2D eigenvalue weighted by molar-refractivity contribution is -0.0139. The molecule has 0 aromatic heterocycles. The van der Waals surface area contributed by atoms with Gasteiger partial charge in [0.05, 0.1) is 25.9 Å². The average molecular weight is 261 g/mol. The Balaban J connectivity index is 2.17. The standard InChI is InChI=1S/C13H27NO4/c1-17-8-9-18-11-13(16)10-14(6-3-7-15)12-4-2-5-12/h12-13,15-16H,2-11H2,1H3. The van der Waals surface area contributed by atoms with Crippen molar-refractivity contribution in [3.05, 3.63) is 0 Å². The van der Waals surface area contributed by atoms with Crippen molar-refractivity contribution in [2.45, 2.75) is 37.8 Å². The van der Waals surface area contributed by atoms with Crippen LogP contribution in [0.3, 0.4) is 0 Å². The second-order valence-corrected chi connectivity index (χ2v) is 4.88. The summed E-state index contributed by atoms with van der Waals surface area (Å²) in [5.41, 5.74) is 0. The minimum absolute atomic E-state index is 0.212.